The molecule has 0 radical (unpaired) electrons. The van der Waals surface area contributed by atoms with Crippen molar-refractivity contribution in [2.45, 2.75) is 6.61 Å². The Labute approximate surface area is 256 Å². The van der Waals surface area contributed by atoms with Gasteiger partial charge in [-0.15, -0.1) is 0 Å². The van der Waals surface area contributed by atoms with Crippen LogP contribution in [0.3, 0.4) is 0 Å². The first-order valence-corrected chi connectivity index (χ1v) is 14.1. The summed E-state index contributed by atoms with van der Waals surface area (Å²) in [5.74, 6) is -0.403. The van der Waals surface area contributed by atoms with Crippen LogP contribution in [0.25, 0.3) is 12.2 Å². The van der Waals surface area contributed by atoms with Gasteiger partial charge in [0.1, 0.15) is 18.1 Å². The van der Waals surface area contributed by atoms with Crippen molar-refractivity contribution in [1.82, 2.24) is 5.32 Å². The van der Waals surface area contributed by atoms with Gasteiger partial charge in [-0.05, 0) is 77.4 Å². The highest BCUT2D eigenvalue weighted by Crippen LogP contribution is 2.18. The zero-order valence-electron chi connectivity index (χ0n) is 23.9. The SMILES string of the molecule is O=C(Nc1ccc(C(=O)/C=C/c2ccccc2)cc1)/C(=C/c1ccc(OCc2ccccc2)cc1)NC(=O)c1ccccc1. The standard InChI is InChI=1S/C38H30N2O4/c41-36(25-18-28-10-4-1-5-11-28)31-19-21-33(22-20-31)39-38(43)35(40-37(42)32-14-8-3-9-15-32)26-29-16-23-34(24-17-29)44-27-30-12-6-2-7-13-30/h1-26H,27H2,(H,39,43)(H,40,42)/b25-18+,35-26-. The number of carbonyl (C=O) groups is 3. The van der Waals surface area contributed by atoms with Crippen LogP contribution in [-0.2, 0) is 11.4 Å². The minimum Gasteiger partial charge on any atom is -0.489 e. The topological polar surface area (TPSA) is 84.5 Å². The van der Waals surface area contributed by atoms with Gasteiger partial charge in [-0.1, -0.05) is 97.1 Å². The summed E-state index contributed by atoms with van der Waals surface area (Å²) in [5, 5.41) is 5.56. The van der Waals surface area contributed by atoms with Gasteiger partial charge in [-0.25, -0.2) is 0 Å². The van der Waals surface area contributed by atoms with Gasteiger partial charge >= 0.3 is 0 Å². The second-order valence-electron chi connectivity index (χ2n) is 9.86. The van der Waals surface area contributed by atoms with E-state index in [1.807, 2.05) is 91.0 Å². The van der Waals surface area contributed by atoms with Gasteiger partial charge in [0, 0.05) is 16.8 Å². The van der Waals surface area contributed by atoms with E-state index in [9.17, 15) is 14.4 Å². The first kappa shape index (κ1) is 29.5. The Balaban J connectivity index is 1.29. The van der Waals surface area contributed by atoms with E-state index in [1.54, 1.807) is 60.7 Å². The van der Waals surface area contributed by atoms with Crippen LogP contribution >= 0.6 is 0 Å². The zero-order chi connectivity index (χ0) is 30.6. The van der Waals surface area contributed by atoms with Crippen molar-refractivity contribution in [2.75, 3.05) is 5.32 Å². The summed E-state index contributed by atoms with van der Waals surface area (Å²) in [6.07, 6.45) is 4.87. The molecule has 0 saturated carbocycles. The van der Waals surface area contributed by atoms with Crippen LogP contribution < -0.4 is 15.4 Å². The minimum absolute atomic E-state index is 0.0581. The third-order valence-electron chi connectivity index (χ3n) is 6.62. The largest absolute Gasteiger partial charge is 0.489 e. The van der Waals surface area contributed by atoms with Gasteiger partial charge in [0.15, 0.2) is 5.78 Å². The van der Waals surface area contributed by atoms with Crippen LogP contribution in [0.4, 0.5) is 5.69 Å². The van der Waals surface area contributed by atoms with E-state index in [-0.39, 0.29) is 11.5 Å². The number of rotatable bonds is 11. The molecule has 0 heterocycles. The second kappa shape index (κ2) is 14.8. The van der Waals surface area contributed by atoms with Gasteiger partial charge in [-0.2, -0.15) is 0 Å². The molecule has 216 valence electrons. The summed E-state index contributed by atoms with van der Waals surface area (Å²) < 4.78 is 5.87. The van der Waals surface area contributed by atoms with Crippen LogP contribution in [-0.4, -0.2) is 17.6 Å². The first-order chi connectivity index (χ1) is 21.5. The monoisotopic (exact) mass is 578 g/mol. The Morgan fingerprint density at radius 1 is 0.614 bits per heavy atom. The number of amides is 2. The molecule has 44 heavy (non-hydrogen) atoms. The molecule has 0 aliphatic carbocycles. The Kier molecular flexibility index (Phi) is 9.88. The lowest BCUT2D eigenvalue weighted by molar-refractivity contribution is -0.113. The van der Waals surface area contributed by atoms with Crippen molar-refractivity contribution in [1.29, 1.82) is 0 Å². The molecule has 0 aliphatic rings. The predicted octanol–water partition coefficient (Wildman–Crippen LogP) is 7.57. The maximum absolute atomic E-state index is 13.4. The van der Waals surface area contributed by atoms with E-state index in [4.69, 9.17) is 4.74 Å². The fraction of sp³-hybridized carbons (Fsp3) is 0.0263. The smallest absolute Gasteiger partial charge is 0.272 e. The quantitative estimate of drug-likeness (QED) is 0.125. The molecule has 0 fully saturated rings. The highest BCUT2D eigenvalue weighted by molar-refractivity contribution is 6.11. The number of benzene rings is 5. The molecule has 5 aromatic carbocycles. The summed E-state index contributed by atoms with van der Waals surface area (Å²) in [5.41, 5.74) is 4.11. The number of anilines is 1. The molecule has 0 unspecified atom stereocenters. The lowest BCUT2D eigenvalue weighted by atomic mass is 10.1. The van der Waals surface area contributed by atoms with Crippen molar-refractivity contribution in [3.05, 3.63) is 179 Å². The highest BCUT2D eigenvalue weighted by atomic mass is 16.5. The van der Waals surface area contributed by atoms with Crippen LogP contribution in [0.15, 0.2) is 151 Å². The van der Waals surface area contributed by atoms with Crippen molar-refractivity contribution >= 4 is 35.4 Å². The summed E-state index contributed by atoms with van der Waals surface area (Å²) in [7, 11) is 0. The van der Waals surface area contributed by atoms with E-state index >= 15 is 0 Å². The fourth-order valence-electron chi connectivity index (χ4n) is 4.26. The molecule has 0 spiro atoms. The fourth-order valence-corrected chi connectivity index (χ4v) is 4.26. The molecule has 5 aromatic rings. The highest BCUT2D eigenvalue weighted by Gasteiger charge is 2.15. The molecular weight excluding hydrogens is 548 g/mol. The van der Waals surface area contributed by atoms with Gasteiger partial charge in [0.2, 0.25) is 0 Å². The number of nitrogens with one attached hydrogen (secondary N) is 2. The number of allylic oxidation sites excluding steroid dienone is 1. The molecule has 0 bridgehead atoms. The molecule has 6 heteroatoms. The number of hydrogen-bond donors (Lipinski definition) is 2. The number of ether oxygens (including phenoxy) is 1. The van der Waals surface area contributed by atoms with Crippen LogP contribution in [0.1, 0.15) is 37.4 Å². The van der Waals surface area contributed by atoms with Crippen molar-refractivity contribution < 1.29 is 19.1 Å². The molecular formula is C38H30N2O4. The zero-order valence-corrected chi connectivity index (χ0v) is 23.9. The lowest BCUT2D eigenvalue weighted by Crippen LogP contribution is -2.30. The van der Waals surface area contributed by atoms with E-state index in [0.717, 1.165) is 11.1 Å². The average molecular weight is 579 g/mol. The van der Waals surface area contributed by atoms with Gasteiger partial charge < -0.3 is 15.4 Å². The second-order valence-corrected chi connectivity index (χ2v) is 9.86. The van der Waals surface area contributed by atoms with E-state index in [2.05, 4.69) is 10.6 Å². The van der Waals surface area contributed by atoms with Crippen LogP contribution in [0.5, 0.6) is 5.75 Å². The Morgan fingerprint density at radius 3 is 1.89 bits per heavy atom. The van der Waals surface area contributed by atoms with Gasteiger partial charge in [-0.3, -0.25) is 14.4 Å². The van der Waals surface area contributed by atoms with Crippen molar-refractivity contribution in [2.24, 2.45) is 0 Å². The van der Waals surface area contributed by atoms with Crippen molar-refractivity contribution in [3.63, 3.8) is 0 Å². The summed E-state index contributed by atoms with van der Waals surface area (Å²) in [6, 6.07) is 41.9. The maximum Gasteiger partial charge on any atom is 0.272 e. The van der Waals surface area contributed by atoms with E-state index in [0.29, 0.717) is 34.7 Å². The minimum atomic E-state index is -0.512. The molecule has 2 amide bonds. The summed E-state index contributed by atoms with van der Waals surface area (Å²) >= 11 is 0. The molecule has 0 aliphatic heterocycles. The third-order valence-corrected chi connectivity index (χ3v) is 6.62. The first-order valence-electron chi connectivity index (χ1n) is 14.1. The molecule has 0 saturated heterocycles. The maximum atomic E-state index is 13.4. The Morgan fingerprint density at radius 2 is 1.23 bits per heavy atom. The van der Waals surface area contributed by atoms with Gasteiger partial charge in [0.05, 0.1) is 0 Å². The van der Waals surface area contributed by atoms with Crippen LogP contribution in [0, 0.1) is 0 Å². The summed E-state index contributed by atoms with van der Waals surface area (Å²) in [6.45, 7) is 0.435. The molecule has 0 aromatic heterocycles. The third kappa shape index (κ3) is 8.50. The normalized spacial score (nSPS) is 11.1. The Bertz CT molecular complexity index is 1760. The summed E-state index contributed by atoms with van der Waals surface area (Å²) in [4.78, 5) is 39.0. The molecule has 5 rings (SSSR count). The number of ketones is 1. The Hall–Kier alpha value is -6.01. The average Bonchev–Trinajstić information content (AvgIpc) is 3.08. The molecule has 6 nitrogen and oxygen atoms in total. The lowest BCUT2D eigenvalue weighted by Gasteiger charge is -2.12. The van der Waals surface area contributed by atoms with Crippen LogP contribution in [0.2, 0.25) is 0 Å². The van der Waals surface area contributed by atoms with E-state index in [1.165, 1.54) is 6.08 Å². The molecule has 2 N–H and O–H groups in total. The van der Waals surface area contributed by atoms with Crippen molar-refractivity contribution in [3.8, 4) is 5.75 Å². The molecule has 0 atom stereocenters. The van der Waals surface area contributed by atoms with Gasteiger partial charge in [0.25, 0.3) is 11.8 Å². The predicted molar refractivity (Wildman–Crippen MR) is 174 cm³/mol. The van der Waals surface area contributed by atoms with E-state index < -0.39 is 11.8 Å². The number of carbonyl (C=O) groups excluding carboxylic acids is 3. The number of hydrogen-bond acceptors (Lipinski definition) is 4.